The van der Waals surface area contributed by atoms with Gasteiger partial charge in [0.1, 0.15) is 11.5 Å². The molecule has 5 heteroatoms. The van der Waals surface area contributed by atoms with Crippen molar-refractivity contribution in [2.45, 2.75) is 6.18 Å². The Balaban J connectivity index is 2.47. The Morgan fingerprint density at radius 1 is 0.941 bits per heavy atom. The number of benzene rings is 1. The van der Waals surface area contributed by atoms with Gasteiger partial charge in [-0.25, -0.2) is 9.37 Å². The van der Waals surface area contributed by atoms with E-state index in [1.807, 2.05) is 0 Å². The van der Waals surface area contributed by atoms with E-state index < -0.39 is 17.7 Å². The van der Waals surface area contributed by atoms with Crippen molar-refractivity contribution in [2.75, 3.05) is 0 Å². The van der Waals surface area contributed by atoms with Gasteiger partial charge in [-0.05, 0) is 24.3 Å². The molecule has 0 N–H and O–H groups in total. The SMILES string of the molecule is Fc1cccc(-c2cccc(C(F)(F)F)n2)c1. The summed E-state index contributed by atoms with van der Waals surface area (Å²) < 4.78 is 50.2. The Hall–Kier alpha value is -1.91. The molecular formula is C12H7F4N. The van der Waals surface area contributed by atoms with Crippen molar-refractivity contribution in [3.05, 3.63) is 54.0 Å². The van der Waals surface area contributed by atoms with Crippen LogP contribution in [-0.4, -0.2) is 4.98 Å². The maximum absolute atomic E-state index is 12.9. The summed E-state index contributed by atoms with van der Waals surface area (Å²) in [4.78, 5) is 3.46. The molecule has 0 unspecified atom stereocenters. The number of aromatic nitrogens is 1. The second-order valence-corrected chi connectivity index (χ2v) is 3.42. The zero-order valence-electron chi connectivity index (χ0n) is 8.50. The summed E-state index contributed by atoms with van der Waals surface area (Å²) in [5.74, 6) is -0.512. The Morgan fingerprint density at radius 2 is 1.65 bits per heavy atom. The third kappa shape index (κ3) is 2.61. The summed E-state index contributed by atoms with van der Waals surface area (Å²) in [7, 11) is 0. The molecule has 1 nitrogen and oxygen atoms in total. The lowest BCUT2D eigenvalue weighted by molar-refractivity contribution is -0.141. The molecule has 0 aliphatic heterocycles. The van der Waals surface area contributed by atoms with Crippen LogP contribution < -0.4 is 0 Å². The largest absolute Gasteiger partial charge is 0.433 e. The number of pyridine rings is 1. The molecule has 2 rings (SSSR count). The highest BCUT2D eigenvalue weighted by Crippen LogP contribution is 2.29. The van der Waals surface area contributed by atoms with Gasteiger partial charge in [0.25, 0.3) is 0 Å². The summed E-state index contributed by atoms with van der Waals surface area (Å²) in [5.41, 5.74) is -0.574. The molecular weight excluding hydrogens is 234 g/mol. The zero-order chi connectivity index (χ0) is 12.5. The summed E-state index contributed by atoms with van der Waals surface area (Å²) in [6, 6.07) is 8.82. The van der Waals surface area contributed by atoms with Gasteiger partial charge in [-0.3, -0.25) is 0 Å². The fourth-order valence-corrected chi connectivity index (χ4v) is 1.40. The molecule has 1 aromatic carbocycles. The first-order valence-electron chi connectivity index (χ1n) is 4.77. The quantitative estimate of drug-likeness (QED) is 0.690. The van der Waals surface area contributed by atoms with Crippen molar-refractivity contribution in [1.82, 2.24) is 4.98 Å². The number of hydrogen-bond donors (Lipinski definition) is 0. The van der Waals surface area contributed by atoms with E-state index in [2.05, 4.69) is 4.98 Å². The number of halogens is 4. The van der Waals surface area contributed by atoms with Crippen LogP contribution in [0.2, 0.25) is 0 Å². The van der Waals surface area contributed by atoms with Crippen molar-refractivity contribution in [2.24, 2.45) is 0 Å². The smallest absolute Gasteiger partial charge is 0.243 e. The van der Waals surface area contributed by atoms with Crippen LogP contribution in [0.4, 0.5) is 17.6 Å². The highest BCUT2D eigenvalue weighted by atomic mass is 19.4. The summed E-state index contributed by atoms with van der Waals surface area (Å²) in [6.07, 6.45) is -4.50. The van der Waals surface area contributed by atoms with E-state index in [1.54, 1.807) is 0 Å². The van der Waals surface area contributed by atoms with E-state index >= 15 is 0 Å². The second kappa shape index (κ2) is 4.16. The van der Waals surface area contributed by atoms with E-state index in [0.29, 0.717) is 5.56 Å². The monoisotopic (exact) mass is 241 g/mol. The minimum absolute atomic E-state index is 0.0966. The van der Waals surface area contributed by atoms with Crippen molar-refractivity contribution in [1.29, 1.82) is 0 Å². The molecule has 0 bridgehead atoms. The average molecular weight is 241 g/mol. The van der Waals surface area contributed by atoms with E-state index in [-0.39, 0.29) is 5.69 Å². The van der Waals surface area contributed by atoms with Gasteiger partial charge in [-0.1, -0.05) is 18.2 Å². The van der Waals surface area contributed by atoms with Crippen LogP contribution in [0, 0.1) is 5.82 Å². The summed E-state index contributed by atoms with van der Waals surface area (Å²) in [5, 5.41) is 0. The van der Waals surface area contributed by atoms with Gasteiger partial charge in [0, 0.05) is 5.56 Å². The molecule has 0 spiro atoms. The highest BCUT2D eigenvalue weighted by molar-refractivity contribution is 5.59. The second-order valence-electron chi connectivity index (χ2n) is 3.42. The van der Waals surface area contributed by atoms with Crippen molar-refractivity contribution < 1.29 is 17.6 Å². The van der Waals surface area contributed by atoms with Gasteiger partial charge in [-0.2, -0.15) is 13.2 Å². The molecule has 1 aromatic heterocycles. The topological polar surface area (TPSA) is 12.9 Å². The van der Waals surface area contributed by atoms with Gasteiger partial charge in [0.2, 0.25) is 0 Å². The minimum Gasteiger partial charge on any atom is -0.243 e. The average Bonchev–Trinajstić information content (AvgIpc) is 2.28. The Labute approximate surface area is 94.7 Å². The van der Waals surface area contributed by atoms with Gasteiger partial charge >= 0.3 is 6.18 Å². The zero-order valence-corrected chi connectivity index (χ0v) is 8.50. The highest BCUT2D eigenvalue weighted by Gasteiger charge is 2.32. The van der Waals surface area contributed by atoms with Crippen LogP contribution in [0.3, 0.4) is 0 Å². The maximum Gasteiger partial charge on any atom is 0.433 e. The van der Waals surface area contributed by atoms with Crippen LogP contribution >= 0.6 is 0 Å². The summed E-state index contributed by atoms with van der Waals surface area (Å²) in [6.45, 7) is 0. The summed E-state index contributed by atoms with van der Waals surface area (Å²) >= 11 is 0. The molecule has 0 aliphatic rings. The molecule has 0 amide bonds. The molecule has 0 atom stereocenters. The van der Waals surface area contributed by atoms with Gasteiger partial charge in [-0.15, -0.1) is 0 Å². The van der Waals surface area contributed by atoms with Crippen LogP contribution in [0.25, 0.3) is 11.3 Å². The molecule has 88 valence electrons. The predicted molar refractivity (Wildman–Crippen MR) is 54.6 cm³/mol. The fourth-order valence-electron chi connectivity index (χ4n) is 1.40. The van der Waals surface area contributed by atoms with E-state index in [9.17, 15) is 17.6 Å². The molecule has 2 aromatic rings. The van der Waals surface area contributed by atoms with Crippen molar-refractivity contribution >= 4 is 0 Å². The Kier molecular flexibility index (Phi) is 2.83. The normalized spacial score (nSPS) is 11.5. The molecule has 0 saturated carbocycles. The van der Waals surface area contributed by atoms with Crippen molar-refractivity contribution in [3.63, 3.8) is 0 Å². The van der Waals surface area contributed by atoms with E-state index in [4.69, 9.17) is 0 Å². The lowest BCUT2D eigenvalue weighted by atomic mass is 10.1. The minimum atomic E-state index is -4.50. The van der Waals surface area contributed by atoms with Gasteiger partial charge < -0.3 is 0 Å². The lowest BCUT2D eigenvalue weighted by Crippen LogP contribution is -2.07. The number of alkyl halides is 3. The van der Waals surface area contributed by atoms with Crippen LogP contribution in [0.15, 0.2) is 42.5 Å². The third-order valence-electron chi connectivity index (χ3n) is 2.16. The van der Waals surface area contributed by atoms with E-state index in [0.717, 1.165) is 12.1 Å². The van der Waals surface area contributed by atoms with Gasteiger partial charge in [0.15, 0.2) is 0 Å². The molecule has 0 fully saturated rings. The fraction of sp³-hybridized carbons (Fsp3) is 0.0833. The van der Waals surface area contributed by atoms with Crippen LogP contribution in [0.5, 0.6) is 0 Å². The Morgan fingerprint density at radius 3 is 2.29 bits per heavy atom. The first kappa shape index (κ1) is 11.6. The number of rotatable bonds is 1. The number of nitrogens with zero attached hydrogens (tertiary/aromatic N) is 1. The molecule has 0 saturated heterocycles. The van der Waals surface area contributed by atoms with Crippen molar-refractivity contribution in [3.8, 4) is 11.3 Å². The van der Waals surface area contributed by atoms with Crippen LogP contribution in [-0.2, 0) is 6.18 Å². The molecule has 1 heterocycles. The molecule has 0 aliphatic carbocycles. The maximum atomic E-state index is 12.9. The number of hydrogen-bond acceptors (Lipinski definition) is 1. The Bertz CT molecular complexity index is 534. The predicted octanol–water partition coefficient (Wildman–Crippen LogP) is 3.91. The third-order valence-corrected chi connectivity index (χ3v) is 2.16. The first-order valence-corrected chi connectivity index (χ1v) is 4.77. The first-order chi connectivity index (χ1) is 7.97. The van der Waals surface area contributed by atoms with Crippen LogP contribution in [0.1, 0.15) is 5.69 Å². The van der Waals surface area contributed by atoms with Gasteiger partial charge in [0.05, 0.1) is 5.69 Å². The molecule has 0 radical (unpaired) electrons. The lowest BCUT2D eigenvalue weighted by Gasteiger charge is -2.07. The van der Waals surface area contributed by atoms with E-state index in [1.165, 1.54) is 30.3 Å². The molecule has 17 heavy (non-hydrogen) atoms. The standard InChI is InChI=1S/C12H7F4N/c13-9-4-1-3-8(7-9)10-5-2-6-11(17-10)12(14,15)16/h1-7H.